The fourth-order valence-electron chi connectivity index (χ4n) is 1.26. The first-order chi connectivity index (χ1) is 8.10. The summed E-state index contributed by atoms with van der Waals surface area (Å²) in [4.78, 5) is 0.181. The number of nitrogens with zero attached hydrogens (tertiary/aromatic N) is 1. The highest BCUT2D eigenvalue weighted by Gasteiger charge is 2.12. The van der Waals surface area contributed by atoms with Gasteiger partial charge in [0.2, 0.25) is 10.0 Å². The van der Waals surface area contributed by atoms with Crippen molar-refractivity contribution >= 4 is 22.4 Å². The van der Waals surface area contributed by atoms with Gasteiger partial charge in [-0.1, -0.05) is 0 Å². The van der Waals surface area contributed by atoms with Crippen LogP contribution in [0.3, 0.4) is 0 Å². The number of benzene rings is 1. The van der Waals surface area contributed by atoms with Crippen LogP contribution in [-0.2, 0) is 10.0 Å². The molecular weight excluding hydrogens is 274 g/mol. The van der Waals surface area contributed by atoms with Gasteiger partial charge in [0.1, 0.15) is 0 Å². The molecule has 0 aromatic heterocycles. The molecule has 0 aliphatic carbocycles. The molecule has 7 heteroatoms. The molecular formula is C11H16ClN3O2S. The Balaban J connectivity index is 0.00000289. The summed E-state index contributed by atoms with van der Waals surface area (Å²) in [5.41, 5.74) is 0.444. The highest BCUT2D eigenvalue weighted by Crippen LogP contribution is 2.09. The minimum Gasteiger partial charge on any atom is -0.320 e. The minimum atomic E-state index is -3.45. The van der Waals surface area contributed by atoms with E-state index in [0.29, 0.717) is 12.1 Å². The number of nitrogens with one attached hydrogen (secondary N) is 2. The molecule has 0 aliphatic heterocycles. The van der Waals surface area contributed by atoms with E-state index in [2.05, 4.69) is 10.0 Å². The van der Waals surface area contributed by atoms with Crippen molar-refractivity contribution in [2.24, 2.45) is 0 Å². The predicted octanol–water partition coefficient (Wildman–Crippen LogP) is 0.868. The maximum Gasteiger partial charge on any atom is 0.240 e. The van der Waals surface area contributed by atoms with Gasteiger partial charge in [0.05, 0.1) is 16.5 Å². The molecule has 0 unspecified atom stereocenters. The van der Waals surface area contributed by atoms with E-state index in [1.807, 2.05) is 13.1 Å². The van der Waals surface area contributed by atoms with Crippen molar-refractivity contribution < 1.29 is 8.42 Å². The van der Waals surface area contributed by atoms with Crippen LogP contribution in [0.5, 0.6) is 0 Å². The van der Waals surface area contributed by atoms with Crippen LogP contribution in [0, 0.1) is 11.3 Å². The van der Waals surface area contributed by atoms with E-state index in [-0.39, 0.29) is 17.3 Å². The van der Waals surface area contributed by atoms with Crippen LogP contribution >= 0.6 is 12.4 Å². The van der Waals surface area contributed by atoms with Crippen molar-refractivity contribution in [1.29, 1.82) is 5.26 Å². The molecule has 0 amide bonds. The molecule has 0 aliphatic rings. The highest BCUT2D eigenvalue weighted by molar-refractivity contribution is 7.89. The molecule has 0 saturated heterocycles. The first kappa shape index (κ1) is 16.9. The van der Waals surface area contributed by atoms with Crippen molar-refractivity contribution in [3.63, 3.8) is 0 Å². The summed E-state index contributed by atoms with van der Waals surface area (Å²) in [6, 6.07) is 7.78. The number of hydrogen-bond acceptors (Lipinski definition) is 4. The molecule has 2 N–H and O–H groups in total. The molecule has 0 bridgehead atoms. The Morgan fingerprint density at radius 2 is 1.83 bits per heavy atom. The lowest BCUT2D eigenvalue weighted by Crippen LogP contribution is -2.26. The Morgan fingerprint density at radius 1 is 1.22 bits per heavy atom. The van der Waals surface area contributed by atoms with Gasteiger partial charge in [0.15, 0.2) is 0 Å². The molecule has 0 fully saturated rings. The zero-order valence-corrected chi connectivity index (χ0v) is 11.6. The average Bonchev–Trinajstić information content (AvgIpc) is 2.35. The summed E-state index contributed by atoms with van der Waals surface area (Å²) in [6.07, 6.45) is 0.728. The molecule has 1 aromatic carbocycles. The molecule has 0 atom stereocenters. The standard InChI is InChI=1S/C11H15N3O2S.ClH/c1-13-7-2-8-14-17(15,16)11-5-3-10(9-12)4-6-11;/h3-6,13-14H,2,7-8H2,1H3;1H. The van der Waals surface area contributed by atoms with E-state index in [1.165, 1.54) is 24.3 Å². The van der Waals surface area contributed by atoms with Crippen molar-refractivity contribution in [2.45, 2.75) is 11.3 Å². The quantitative estimate of drug-likeness (QED) is 0.761. The van der Waals surface area contributed by atoms with Crippen molar-refractivity contribution in [2.75, 3.05) is 20.1 Å². The van der Waals surface area contributed by atoms with Crippen molar-refractivity contribution in [1.82, 2.24) is 10.0 Å². The van der Waals surface area contributed by atoms with Gasteiger partial charge in [-0.05, 0) is 44.3 Å². The monoisotopic (exact) mass is 289 g/mol. The third kappa shape index (κ3) is 5.02. The maximum absolute atomic E-state index is 11.8. The van der Waals surface area contributed by atoms with Crippen molar-refractivity contribution in [3.8, 4) is 6.07 Å². The van der Waals surface area contributed by atoms with Crippen LogP contribution < -0.4 is 10.0 Å². The number of hydrogen-bond donors (Lipinski definition) is 2. The van der Waals surface area contributed by atoms with E-state index in [0.717, 1.165) is 13.0 Å². The van der Waals surface area contributed by atoms with Crippen LogP contribution in [0.1, 0.15) is 12.0 Å². The number of rotatable bonds is 6. The molecule has 5 nitrogen and oxygen atoms in total. The molecule has 0 saturated carbocycles. The summed E-state index contributed by atoms with van der Waals surface area (Å²) in [7, 11) is -1.64. The third-order valence-electron chi connectivity index (χ3n) is 2.19. The summed E-state index contributed by atoms with van der Waals surface area (Å²) in [5, 5.41) is 11.5. The molecule has 0 spiro atoms. The van der Waals surface area contributed by atoms with Gasteiger partial charge in [0.25, 0.3) is 0 Å². The second-order valence-corrected chi connectivity index (χ2v) is 5.26. The zero-order valence-electron chi connectivity index (χ0n) is 10.0. The van der Waals surface area contributed by atoms with E-state index >= 15 is 0 Å². The van der Waals surface area contributed by atoms with Gasteiger partial charge in [-0.2, -0.15) is 5.26 Å². The van der Waals surface area contributed by atoms with Gasteiger partial charge in [-0.25, -0.2) is 13.1 Å². The van der Waals surface area contributed by atoms with E-state index < -0.39 is 10.0 Å². The largest absolute Gasteiger partial charge is 0.320 e. The molecule has 1 rings (SSSR count). The molecule has 1 aromatic rings. The summed E-state index contributed by atoms with van der Waals surface area (Å²) in [6.45, 7) is 1.15. The third-order valence-corrected chi connectivity index (χ3v) is 3.67. The van der Waals surface area contributed by atoms with Crippen LogP contribution in [0.25, 0.3) is 0 Å². The van der Waals surface area contributed by atoms with E-state index in [1.54, 1.807) is 0 Å². The smallest absolute Gasteiger partial charge is 0.240 e. The second kappa shape index (κ2) is 8.06. The Bertz CT molecular complexity index is 494. The second-order valence-electron chi connectivity index (χ2n) is 3.49. The summed E-state index contributed by atoms with van der Waals surface area (Å²) >= 11 is 0. The van der Waals surface area contributed by atoms with Gasteiger partial charge in [-0.15, -0.1) is 12.4 Å². The normalized spacial score (nSPS) is 10.4. The first-order valence-corrected chi connectivity index (χ1v) is 6.73. The SMILES string of the molecule is CNCCCNS(=O)(=O)c1ccc(C#N)cc1.Cl. The number of sulfonamides is 1. The van der Waals surface area contributed by atoms with Crippen LogP contribution in [0.2, 0.25) is 0 Å². The Kier molecular flexibility index (Phi) is 7.55. The van der Waals surface area contributed by atoms with Crippen LogP contribution in [-0.4, -0.2) is 28.6 Å². The van der Waals surface area contributed by atoms with Gasteiger partial charge in [-0.3, -0.25) is 0 Å². The van der Waals surface area contributed by atoms with E-state index in [9.17, 15) is 8.42 Å². The lowest BCUT2D eigenvalue weighted by Gasteiger charge is -2.06. The summed E-state index contributed by atoms with van der Waals surface area (Å²) in [5.74, 6) is 0. The zero-order chi connectivity index (χ0) is 12.7. The molecule has 0 heterocycles. The first-order valence-electron chi connectivity index (χ1n) is 5.24. The molecule has 0 radical (unpaired) electrons. The lowest BCUT2D eigenvalue weighted by atomic mass is 10.2. The van der Waals surface area contributed by atoms with Gasteiger partial charge < -0.3 is 5.32 Å². The van der Waals surface area contributed by atoms with E-state index in [4.69, 9.17) is 5.26 Å². The predicted molar refractivity (Wildman–Crippen MR) is 72.1 cm³/mol. The lowest BCUT2D eigenvalue weighted by molar-refractivity contribution is 0.577. The van der Waals surface area contributed by atoms with Crippen molar-refractivity contribution in [3.05, 3.63) is 29.8 Å². The molecule has 100 valence electrons. The van der Waals surface area contributed by atoms with Gasteiger partial charge >= 0.3 is 0 Å². The Morgan fingerprint density at radius 3 is 2.33 bits per heavy atom. The van der Waals surface area contributed by atoms with Crippen LogP contribution in [0.4, 0.5) is 0 Å². The summed E-state index contributed by atoms with van der Waals surface area (Å²) < 4.78 is 26.1. The number of nitriles is 1. The minimum absolute atomic E-state index is 0. The maximum atomic E-state index is 11.8. The molecule has 18 heavy (non-hydrogen) atoms. The fraction of sp³-hybridized carbons (Fsp3) is 0.364. The number of halogens is 1. The topological polar surface area (TPSA) is 82.0 Å². The Labute approximate surface area is 114 Å². The fourth-order valence-corrected chi connectivity index (χ4v) is 2.34. The highest BCUT2D eigenvalue weighted by atomic mass is 35.5. The van der Waals surface area contributed by atoms with Gasteiger partial charge in [0, 0.05) is 6.54 Å². The average molecular weight is 290 g/mol. The Hall–Kier alpha value is -1.13. The van der Waals surface area contributed by atoms with Crippen LogP contribution in [0.15, 0.2) is 29.2 Å².